The van der Waals surface area contributed by atoms with Gasteiger partial charge in [-0.3, -0.25) is 0 Å². The summed E-state index contributed by atoms with van der Waals surface area (Å²) in [4.78, 5) is 0.744. The zero-order chi connectivity index (χ0) is 15.8. The molecular weight excluding hydrogens is 311 g/mol. The minimum absolute atomic E-state index is 0.000948. The Bertz CT molecular complexity index is 933. The maximum atomic E-state index is 14.5. The fourth-order valence-electron chi connectivity index (χ4n) is 2.55. The quantitative estimate of drug-likeness (QED) is 0.569. The minimum atomic E-state index is -0.219. The largest absolute Gasteiger partial charge is 0.234 e. The summed E-state index contributed by atoms with van der Waals surface area (Å²) in [5.41, 5.74) is 2.38. The van der Waals surface area contributed by atoms with Crippen molar-refractivity contribution in [2.45, 2.75) is 12.8 Å². The molecular formula is C17H13FN4S. The van der Waals surface area contributed by atoms with Gasteiger partial charge < -0.3 is 0 Å². The number of rotatable bonds is 3. The van der Waals surface area contributed by atoms with Crippen LogP contribution in [-0.4, -0.2) is 19.8 Å². The monoisotopic (exact) mass is 324 g/mol. The van der Waals surface area contributed by atoms with E-state index in [2.05, 4.69) is 15.3 Å². The Labute approximate surface area is 136 Å². The van der Waals surface area contributed by atoms with E-state index in [1.54, 1.807) is 16.9 Å². The average molecular weight is 324 g/mol. The number of halogens is 1. The number of fused-ring (bicyclic) bond motifs is 1. The maximum absolute atomic E-state index is 14.5. The number of aromatic nitrogens is 4. The Morgan fingerprint density at radius 3 is 2.70 bits per heavy atom. The standard InChI is InChI=1S/C17H13FN4S/c1-11(16-21-22-10-19-20-17(22)23-16)13-7-8-14(15(18)9-13)12-5-3-2-4-6-12/h2-11H,1H3/t11-/m1/s1. The van der Waals surface area contributed by atoms with Gasteiger partial charge in [-0.05, 0) is 17.2 Å². The normalized spacial score (nSPS) is 12.6. The molecule has 0 radical (unpaired) electrons. The number of benzene rings is 2. The highest BCUT2D eigenvalue weighted by atomic mass is 32.1. The molecule has 0 aliphatic rings. The third-order valence-electron chi connectivity index (χ3n) is 3.85. The molecule has 0 N–H and O–H groups in total. The first-order valence-electron chi connectivity index (χ1n) is 7.24. The molecule has 1 atom stereocenters. The van der Waals surface area contributed by atoms with Gasteiger partial charge in [-0.15, -0.1) is 10.2 Å². The van der Waals surface area contributed by atoms with Crippen LogP contribution >= 0.6 is 11.3 Å². The Hall–Kier alpha value is -2.60. The van der Waals surface area contributed by atoms with E-state index in [0.29, 0.717) is 5.56 Å². The van der Waals surface area contributed by atoms with Crippen LogP contribution in [0.1, 0.15) is 23.4 Å². The van der Waals surface area contributed by atoms with Crippen molar-refractivity contribution < 1.29 is 4.39 Å². The van der Waals surface area contributed by atoms with Crippen LogP contribution in [0.5, 0.6) is 0 Å². The van der Waals surface area contributed by atoms with Gasteiger partial charge in [0.15, 0.2) is 0 Å². The van der Waals surface area contributed by atoms with E-state index >= 15 is 0 Å². The summed E-state index contributed by atoms with van der Waals surface area (Å²) in [7, 11) is 0. The molecule has 4 nitrogen and oxygen atoms in total. The van der Waals surface area contributed by atoms with E-state index in [1.165, 1.54) is 11.3 Å². The molecule has 23 heavy (non-hydrogen) atoms. The van der Waals surface area contributed by atoms with Crippen molar-refractivity contribution in [1.29, 1.82) is 0 Å². The zero-order valence-corrected chi connectivity index (χ0v) is 13.2. The number of nitrogens with zero attached hydrogens (tertiary/aromatic N) is 4. The smallest absolute Gasteiger partial charge is 0.206 e. The van der Waals surface area contributed by atoms with Gasteiger partial charge in [-0.25, -0.2) is 4.39 Å². The molecule has 2 aromatic carbocycles. The van der Waals surface area contributed by atoms with Gasteiger partial charge in [0.05, 0.1) is 0 Å². The van der Waals surface area contributed by atoms with Crippen LogP contribution in [-0.2, 0) is 0 Å². The van der Waals surface area contributed by atoms with Crippen LogP contribution in [0.2, 0.25) is 0 Å². The summed E-state index contributed by atoms with van der Waals surface area (Å²) in [6.45, 7) is 2.02. The van der Waals surface area contributed by atoms with Crippen molar-refractivity contribution >= 4 is 16.3 Å². The summed E-state index contributed by atoms with van der Waals surface area (Å²) in [5.74, 6) is -0.218. The van der Waals surface area contributed by atoms with Crippen molar-refractivity contribution in [3.05, 3.63) is 71.2 Å². The van der Waals surface area contributed by atoms with E-state index in [1.807, 2.05) is 49.4 Å². The van der Waals surface area contributed by atoms with Gasteiger partial charge in [0.25, 0.3) is 0 Å². The Morgan fingerprint density at radius 2 is 1.96 bits per heavy atom. The summed E-state index contributed by atoms with van der Waals surface area (Å²) in [5, 5.41) is 13.1. The van der Waals surface area contributed by atoms with Crippen molar-refractivity contribution in [2.24, 2.45) is 0 Å². The molecule has 114 valence electrons. The van der Waals surface area contributed by atoms with Crippen LogP contribution in [0.15, 0.2) is 54.9 Å². The van der Waals surface area contributed by atoms with Crippen molar-refractivity contribution in [3.63, 3.8) is 0 Å². The highest BCUT2D eigenvalue weighted by Gasteiger charge is 2.17. The van der Waals surface area contributed by atoms with Gasteiger partial charge in [0, 0.05) is 11.5 Å². The zero-order valence-electron chi connectivity index (χ0n) is 12.3. The minimum Gasteiger partial charge on any atom is -0.206 e. The topological polar surface area (TPSA) is 43.1 Å². The first kappa shape index (κ1) is 14.0. The molecule has 0 bridgehead atoms. The molecule has 0 saturated heterocycles. The lowest BCUT2D eigenvalue weighted by Gasteiger charge is -2.11. The highest BCUT2D eigenvalue weighted by molar-refractivity contribution is 7.16. The van der Waals surface area contributed by atoms with Gasteiger partial charge in [-0.1, -0.05) is 60.7 Å². The van der Waals surface area contributed by atoms with Gasteiger partial charge in [0.1, 0.15) is 17.2 Å². The molecule has 6 heteroatoms. The van der Waals surface area contributed by atoms with E-state index in [-0.39, 0.29) is 11.7 Å². The Kier molecular flexibility index (Phi) is 3.38. The van der Waals surface area contributed by atoms with E-state index in [4.69, 9.17) is 0 Å². The lowest BCUT2D eigenvalue weighted by Crippen LogP contribution is -1.98. The van der Waals surface area contributed by atoms with E-state index < -0.39 is 0 Å². The van der Waals surface area contributed by atoms with Crippen LogP contribution < -0.4 is 0 Å². The lowest BCUT2D eigenvalue weighted by atomic mass is 9.97. The molecule has 0 amide bonds. The van der Waals surface area contributed by atoms with Crippen molar-refractivity contribution in [1.82, 2.24) is 19.8 Å². The van der Waals surface area contributed by atoms with E-state index in [9.17, 15) is 4.39 Å². The predicted molar refractivity (Wildman–Crippen MR) is 88.0 cm³/mol. The molecule has 0 fully saturated rings. The summed E-state index contributed by atoms with van der Waals surface area (Å²) < 4.78 is 16.2. The molecule has 0 aliphatic heterocycles. The molecule has 0 unspecified atom stereocenters. The van der Waals surface area contributed by atoms with Crippen molar-refractivity contribution in [3.8, 4) is 11.1 Å². The van der Waals surface area contributed by atoms with Gasteiger partial charge in [0.2, 0.25) is 4.96 Å². The molecule has 0 aliphatic carbocycles. The molecule has 2 aromatic heterocycles. The molecule has 4 rings (SSSR count). The molecule has 0 spiro atoms. The fraction of sp³-hybridized carbons (Fsp3) is 0.118. The lowest BCUT2D eigenvalue weighted by molar-refractivity contribution is 0.627. The second-order valence-corrected chi connectivity index (χ2v) is 6.31. The fourth-order valence-corrected chi connectivity index (χ4v) is 3.44. The first-order chi connectivity index (χ1) is 11.2. The second-order valence-electron chi connectivity index (χ2n) is 5.33. The number of hydrogen-bond donors (Lipinski definition) is 0. The third-order valence-corrected chi connectivity index (χ3v) is 4.95. The third kappa shape index (κ3) is 2.51. The predicted octanol–water partition coefficient (Wildman–Crippen LogP) is 4.14. The van der Waals surface area contributed by atoms with Crippen LogP contribution in [0, 0.1) is 5.82 Å². The van der Waals surface area contributed by atoms with Crippen LogP contribution in [0.3, 0.4) is 0 Å². The van der Waals surface area contributed by atoms with Crippen molar-refractivity contribution in [2.75, 3.05) is 0 Å². The first-order valence-corrected chi connectivity index (χ1v) is 8.05. The average Bonchev–Trinajstić information content (AvgIpc) is 3.16. The highest BCUT2D eigenvalue weighted by Crippen LogP contribution is 2.31. The second kappa shape index (κ2) is 5.55. The Balaban J connectivity index is 1.69. The molecule has 0 saturated carbocycles. The summed E-state index contributed by atoms with van der Waals surface area (Å²) in [6.07, 6.45) is 1.57. The maximum Gasteiger partial charge on any atom is 0.234 e. The van der Waals surface area contributed by atoms with E-state index in [0.717, 1.165) is 21.1 Å². The number of hydrogen-bond acceptors (Lipinski definition) is 4. The van der Waals surface area contributed by atoms with Gasteiger partial charge >= 0.3 is 0 Å². The Morgan fingerprint density at radius 1 is 1.13 bits per heavy atom. The summed E-state index contributed by atoms with van der Waals surface area (Å²) >= 11 is 1.47. The van der Waals surface area contributed by atoms with Gasteiger partial charge in [-0.2, -0.15) is 9.61 Å². The van der Waals surface area contributed by atoms with Crippen LogP contribution in [0.4, 0.5) is 4.39 Å². The molecule has 2 heterocycles. The molecule has 4 aromatic rings. The summed E-state index contributed by atoms with van der Waals surface area (Å²) in [6, 6.07) is 14.9. The van der Waals surface area contributed by atoms with Crippen LogP contribution in [0.25, 0.3) is 16.1 Å². The SMILES string of the molecule is C[C@H](c1ccc(-c2ccccc2)c(F)c1)c1nn2cnnc2s1.